The summed E-state index contributed by atoms with van der Waals surface area (Å²) in [7, 11) is 1.50. The number of halogens is 6. The molecule has 23 heavy (non-hydrogen) atoms. The van der Waals surface area contributed by atoms with Crippen molar-refractivity contribution >= 4 is 10.9 Å². The van der Waals surface area contributed by atoms with Gasteiger partial charge >= 0.3 is 0 Å². The minimum Gasteiger partial charge on any atom is -1.00 e. The molecule has 0 saturated heterocycles. The molecule has 0 N–H and O–H groups in total. The van der Waals surface area contributed by atoms with Crippen LogP contribution in [0.25, 0.3) is 22.2 Å². The number of fused-ring (bicyclic) bond motifs is 1. The van der Waals surface area contributed by atoms with Crippen LogP contribution >= 0.6 is 0 Å². The Hall–Kier alpha value is -2.21. The highest BCUT2D eigenvalue weighted by molar-refractivity contribution is 5.77. The van der Waals surface area contributed by atoms with Gasteiger partial charge in [0, 0.05) is 17.5 Å². The van der Waals surface area contributed by atoms with Crippen LogP contribution in [0.3, 0.4) is 0 Å². The predicted octanol–water partition coefficient (Wildman–Crippen LogP) is 1.03. The van der Waals surface area contributed by atoms with Crippen LogP contribution in [0.1, 0.15) is 0 Å². The van der Waals surface area contributed by atoms with Crippen LogP contribution in [0.15, 0.2) is 36.4 Å². The Morgan fingerprint density at radius 3 is 1.83 bits per heavy atom. The SMILES string of the molecule is C[n+]1c(-c2c(F)c(F)c(F)c(F)c2F)ccc2ccccc21.[Cl-]. The lowest BCUT2D eigenvalue weighted by Gasteiger charge is -2.08. The molecular formula is C16H9ClF5N. The number of pyridine rings is 1. The second-order valence-corrected chi connectivity index (χ2v) is 4.78. The van der Waals surface area contributed by atoms with Crippen molar-refractivity contribution in [3.8, 4) is 11.3 Å². The van der Waals surface area contributed by atoms with Gasteiger partial charge in [0.05, 0.1) is 0 Å². The first kappa shape index (κ1) is 17.1. The molecular weight excluding hydrogens is 337 g/mol. The van der Waals surface area contributed by atoms with Crippen LogP contribution in [0.4, 0.5) is 22.0 Å². The second kappa shape index (κ2) is 6.12. The highest BCUT2D eigenvalue weighted by Gasteiger charge is 2.30. The van der Waals surface area contributed by atoms with Gasteiger partial charge in [-0.1, -0.05) is 12.1 Å². The van der Waals surface area contributed by atoms with Gasteiger partial charge in [0.15, 0.2) is 23.3 Å². The molecule has 3 aromatic rings. The van der Waals surface area contributed by atoms with Gasteiger partial charge in [0.25, 0.3) is 0 Å². The summed E-state index contributed by atoms with van der Waals surface area (Å²) >= 11 is 0. The normalized spacial score (nSPS) is 10.7. The molecule has 0 fully saturated rings. The van der Waals surface area contributed by atoms with E-state index in [4.69, 9.17) is 0 Å². The molecule has 1 nitrogen and oxygen atoms in total. The number of rotatable bonds is 1. The van der Waals surface area contributed by atoms with Gasteiger partial charge in [-0.05, 0) is 12.1 Å². The molecule has 0 spiro atoms. The van der Waals surface area contributed by atoms with Gasteiger partial charge in [-0.25, -0.2) is 22.0 Å². The summed E-state index contributed by atoms with van der Waals surface area (Å²) in [5, 5.41) is 0.776. The van der Waals surface area contributed by atoms with Crippen LogP contribution in [-0.2, 0) is 7.05 Å². The number of nitrogens with zero attached hydrogens (tertiary/aromatic N) is 1. The Balaban J connectivity index is 0.00000192. The van der Waals surface area contributed by atoms with E-state index in [0.717, 1.165) is 5.39 Å². The Morgan fingerprint density at radius 1 is 0.696 bits per heavy atom. The Morgan fingerprint density at radius 2 is 1.22 bits per heavy atom. The Labute approximate surface area is 134 Å². The molecule has 2 aromatic carbocycles. The smallest absolute Gasteiger partial charge is 0.218 e. The van der Waals surface area contributed by atoms with Crippen LogP contribution in [-0.4, -0.2) is 0 Å². The Bertz CT molecular complexity index is 882. The van der Waals surface area contributed by atoms with Crippen LogP contribution in [0, 0.1) is 29.1 Å². The lowest BCUT2D eigenvalue weighted by molar-refractivity contribution is -0.633. The maximum atomic E-state index is 13.9. The van der Waals surface area contributed by atoms with Crippen LogP contribution < -0.4 is 17.0 Å². The molecule has 0 aliphatic rings. The third-order valence-electron chi connectivity index (χ3n) is 3.55. The van der Waals surface area contributed by atoms with Gasteiger partial charge in [-0.3, -0.25) is 0 Å². The van der Waals surface area contributed by atoms with E-state index in [1.807, 2.05) is 0 Å². The van der Waals surface area contributed by atoms with E-state index in [2.05, 4.69) is 0 Å². The number of hydrogen-bond donors (Lipinski definition) is 0. The van der Waals surface area contributed by atoms with Crippen molar-refractivity contribution in [2.45, 2.75) is 0 Å². The quantitative estimate of drug-likeness (QED) is 0.268. The first-order valence-corrected chi connectivity index (χ1v) is 6.33. The molecule has 7 heteroatoms. The molecule has 1 aromatic heterocycles. The van der Waals surface area contributed by atoms with Gasteiger partial charge in [0.2, 0.25) is 17.0 Å². The van der Waals surface area contributed by atoms with E-state index in [1.54, 1.807) is 30.3 Å². The molecule has 0 saturated carbocycles. The van der Waals surface area contributed by atoms with E-state index in [1.165, 1.54) is 17.7 Å². The molecule has 0 aliphatic carbocycles. The maximum absolute atomic E-state index is 13.9. The minimum absolute atomic E-state index is 0. The second-order valence-electron chi connectivity index (χ2n) is 4.78. The zero-order valence-electron chi connectivity index (χ0n) is 11.7. The fraction of sp³-hybridized carbons (Fsp3) is 0.0625. The fourth-order valence-corrected chi connectivity index (χ4v) is 2.43. The average Bonchev–Trinajstić information content (AvgIpc) is 2.53. The topological polar surface area (TPSA) is 3.88 Å². The van der Waals surface area contributed by atoms with E-state index in [0.29, 0.717) is 5.52 Å². The summed E-state index contributed by atoms with van der Waals surface area (Å²) in [5.41, 5.74) is -0.444. The number of aromatic nitrogens is 1. The summed E-state index contributed by atoms with van der Waals surface area (Å²) in [6.07, 6.45) is 0. The van der Waals surface area contributed by atoms with Crippen molar-refractivity contribution in [3.63, 3.8) is 0 Å². The first-order valence-electron chi connectivity index (χ1n) is 6.33. The number of hydrogen-bond acceptors (Lipinski definition) is 0. The van der Waals surface area contributed by atoms with Crippen molar-refractivity contribution in [2.24, 2.45) is 7.05 Å². The zero-order valence-corrected chi connectivity index (χ0v) is 12.4. The molecule has 120 valence electrons. The van der Waals surface area contributed by atoms with E-state index in [-0.39, 0.29) is 18.1 Å². The van der Waals surface area contributed by atoms with Crippen molar-refractivity contribution in [1.82, 2.24) is 0 Å². The number of para-hydroxylation sites is 1. The number of aryl methyl sites for hydroxylation is 1. The molecule has 0 atom stereocenters. The van der Waals surface area contributed by atoms with E-state index in [9.17, 15) is 22.0 Å². The monoisotopic (exact) mass is 345 g/mol. The highest BCUT2D eigenvalue weighted by atomic mass is 35.5. The summed E-state index contributed by atoms with van der Waals surface area (Å²) in [6, 6.07) is 9.83. The molecule has 0 unspecified atom stereocenters. The van der Waals surface area contributed by atoms with Crippen LogP contribution in [0.2, 0.25) is 0 Å². The lowest BCUT2D eigenvalue weighted by atomic mass is 10.1. The summed E-state index contributed by atoms with van der Waals surface area (Å²) < 4.78 is 69.1. The first-order chi connectivity index (χ1) is 10.4. The van der Waals surface area contributed by atoms with E-state index >= 15 is 0 Å². The minimum atomic E-state index is -2.16. The molecule has 0 radical (unpaired) electrons. The van der Waals surface area contributed by atoms with Crippen molar-refractivity contribution in [3.05, 3.63) is 65.5 Å². The highest BCUT2D eigenvalue weighted by Crippen LogP contribution is 2.30. The van der Waals surface area contributed by atoms with Crippen molar-refractivity contribution in [2.75, 3.05) is 0 Å². The third-order valence-corrected chi connectivity index (χ3v) is 3.55. The van der Waals surface area contributed by atoms with Gasteiger partial charge in [-0.2, -0.15) is 4.57 Å². The lowest BCUT2D eigenvalue weighted by Crippen LogP contribution is -3.00. The van der Waals surface area contributed by atoms with Crippen LogP contribution in [0.5, 0.6) is 0 Å². The van der Waals surface area contributed by atoms with Crippen molar-refractivity contribution < 1.29 is 38.9 Å². The summed E-state index contributed by atoms with van der Waals surface area (Å²) in [5.74, 6) is -9.77. The standard InChI is InChI=1S/C16H9F5N.ClH/c1-22-9-5-3-2-4-8(9)6-7-10(22)11-12(17)14(19)16(21)15(20)13(11)18;/h2-7H,1H3;1H/q+1;/p-1. The van der Waals surface area contributed by atoms with E-state index < -0.39 is 34.6 Å². The Kier molecular flexibility index (Phi) is 4.56. The van der Waals surface area contributed by atoms with Gasteiger partial charge in [-0.15, -0.1) is 0 Å². The molecule has 0 amide bonds. The van der Waals surface area contributed by atoms with Crippen molar-refractivity contribution in [1.29, 1.82) is 0 Å². The summed E-state index contributed by atoms with van der Waals surface area (Å²) in [6.45, 7) is 0. The molecule has 0 bridgehead atoms. The maximum Gasteiger partial charge on any atom is 0.218 e. The molecule has 3 rings (SSSR count). The zero-order chi connectivity index (χ0) is 16.0. The third kappa shape index (κ3) is 2.53. The predicted molar refractivity (Wildman–Crippen MR) is 70.4 cm³/mol. The fourth-order valence-electron chi connectivity index (χ4n) is 2.43. The largest absolute Gasteiger partial charge is 1.00 e. The average molecular weight is 346 g/mol. The molecule has 1 heterocycles. The van der Waals surface area contributed by atoms with Gasteiger partial charge < -0.3 is 12.4 Å². The molecule has 0 aliphatic heterocycles. The number of benzene rings is 2. The summed E-state index contributed by atoms with van der Waals surface area (Å²) in [4.78, 5) is 0. The van der Waals surface area contributed by atoms with Gasteiger partial charge in [0.1, 0.15) is 12.6 Å².